The predicted molar refractivity (Wildman–Crippen MR) is 75.3 cm³/mol. The van der Waals surface area contributed by atoms with E-state index in [9.17, 15) is 4.39 Å². The van der Waals surface area contributed by atoms with Crippen LogP contribution in [0.2, 0.25) is 0 Å². The molecule has 2 N–H and O–H groups in total. The van der Waals surface area contributed by atoms with Crippen molar-refractivity contribution in [2.75, 3.05) is 5.73 Å². The summed E-state index contributed by atoms with van der Waals surface area (Å²) in [6, 6.07) is 4.98. The first-order chi connectivity index (χ1) is 9.02. The van der Waals surface area contributed by atoms with Gasteiger partial charge in [-0.05, 0) is 44.0 Å². The van der Waals surface area contributed by atoms with Crippen molar-refractivity contribution < 1.29 is 4.39 Å². The fourth-order valence-electron chi connectivity index (χ4n) is 1.99. The van der Waals surface area contributed by atoms with E-state index in [1.54, 1.807) is 19.1 Å². The second-order valence-electron chi connectivity index (χ2n) is 4.71. The largest absolute Gasteiger partial charge is 0.383 e. The van der Waals surface area contributed by atoms with Gasteiger partial charge in [-0.15, -0.1) is 0 Å². The first-order valence-electron chi connectivity index (χ1n) is 6.42. The number of aryl methyl sites for hydroxylation is 2. The van der Waals surface area contributed by atoms with Crippen LogP contribution in [0.3, 0.4) is 0 Å². The molecule has 0 aliphatic heterocycles. The van der Waals surface area contributed by atoms with E-state index in [2.05, 4.69) is 16.9 Å². The molecule has 19 heavy (non-hydrogen) atoms. The Hall–Kier alpha value is -1.97. The molecule has 1 aromatic heterocycles. The van der Waals surface area contributed by atoms with E-state index in [1.165, 1.54) is 6.07 Å². The number of anilines is 1. The summed E-state index contributed by atoms with van der Waals surface area (Å²) in [6.45, 7) is 5.70. The molecule has 3 nitrogen and oxygen atoms in total. The van der Waals surface area contributed by atoms with Gasteiger partial charge in [0, 0.05) is 17.5 Å². The molecule has 1 heterocycles. The Labute approximate surface area is 112 Å². The van der Waals surface area contributed by atoms with Gasteiger partial charge in [0.2, 0.25) is 0 Å². The Morgan fingerprint density at radius 3 is 2.58 bits per heavy atom. The maximum Gasteiger partial charge on any atom is 0.131 e. The van der Waals surface area contributed by atoms with Crippen molar-refractivity contribution in [2.24, 2.45) is 0 Å². The number of aromatic nitrogens is 2. The lowest BCUT2D eigenvalue weighted by molar-refractivity contribution is 0.618. The summed E-state index contributed by atoms with van der Waals surface area (Å²) in [4.78, 5) is 8.83. The summed E-state index contributed by atoms with van der Waals surface area (Å²) in [5.41, 5.74) is 9.04. The van der Waals surface area contributed by atoms with Crippen LogP contribution in [0, 0.1) is 19.7 Å². The highest BCUT2D eigenvalue weighted by molar-refractivity contribution is 5.67. The third kappa shape index (κ3) is 2.72. The average molecular weight is 259 g/mol. The maximum absolute atomic E-state index is 13.3. The van der Waals surface area contributed by atoms with E-state index in [4.69, 9.17) is 5.73 Å². The lowest BCUT2D eigenvalue weighted by Crippen LogP contribution is -2.05. The maximum atomic E-state index is 13.3. The molecule has 4 heteroatoms. The van der Waals surface area contributed by atoms with E-state index >= 15 is 0 Å². The number of halogens is 1. The molecule has 2 rings (SSSR count). The molecular weight excluding hydrogens is 241 g/mol. The minimum Gasteiger partial charge on any atom is -0.383 e. The molecule has 0 saturated carbocycles. The molecule has 0 fully saturated rings. The van der Waals surface area contributed by atoms with Gasteiger partial charge in [0.05, 0.1) is 5.69 Å². The second-order valence-corrected chi connectivity index (χ2v) is 4.71. The minimum absolute atomic E-state index is 0.211. The van der Waals surface area contributed by atoms with Crippen molar-refractivity contribution in [1.82, 2.24) is 9.97 Å². The molecule has 0 radical (unpaired) electrons. The molecule has 0 unspecified atom stereocenters. The van der Waals surface area contributed by atoms with E-state index in [-0.39, 0.29) is 5.82 Å². The SMILES string of the molecule is CCCc1nc(N)c(C)c(-c2ccc(F)c(C)c2)n1. The van der Waals surface area contributed by atoms with Crippen LogP contribution >= 0.6 is 0 Å². The monoisotopic (exact) mass is 259 g/mol. The van der Waals surface area contributed by atoms with Crippen LogP contribution in [0.4, 0.5) is 10.2 Å². The fourth-order valence-corrected chi connectivity index (χ4v) is 1.99. The molecule has 0 aliphatic carbocycles. The number of hydrogen-bond acceptors (Lipinski definition) is 3. The highest BCUT2D eigenvalue weighted by Gasteiger charge is 2.11. The molecule has 0 atom stereocenters. The molecule has 0 bridgehead atoms. The Kier molecular flexibility index (Phi) is 3.79. The molecular formula is C15H18FN3. The molecule has 0 saturated heterocycles. The Balaban J connectivity index is 2.56. The van der Waals surface area contributed by atoms with Gasteiger partial charge in [0.25, 0.3) is 0 Å². The molecule has 0 spiro atoms. The van der Waals surface area contributed by atoms with Gasteiger partial charge in [0.1, 0.15) is 17.5 Å². The van der Waals surface area contributed by atoms with Crippen LogP contribution in [0.15, 0.2) is 18.2 Å². The third-order valence-corrected chi connectivity index (χ3v) is 3.13. The van der Waals surface area contributed by atoms with Crippen molar-refractivity contribution >= 4 is 5.82 Å². The number of rotatable bonds is 3. The Morgan fingerprint density at radius 1 is 1.21 bits per heavy atom. The summed E-state index contributed by atoms with van der Waals surface area (Å²) in [5, 5.41) is 0. The lowest BCUT2D eigenvalue weighted by atomic mass is 10.0. The van der Waals surface area contributed by atoms with E-state index in [0.717, 1.165) is 35.5 Å². The van der Waals surface area contributed by atoms with Crippen molar-refractivity contribution in [3.63, 3.8) is 0 Å². The van der Waals surface area contributed by atoms with Gasteiger partial charge < -0.3 is 5.73 Å². The van der Waals surface area contributed by atoms with Gasteiger partial charge in [-0.1, -0.05) is 6.92 Å². The lowest BCUT2D eigenvalue weighted by Gasteiger charge is -2.10. The molecule has 1 aromatic carbocycles. The van der Waals surface area contributed by atoms with Crippen LogP contribution < -0.4 is 5.73 Å². The number of nitrogens with zero attached hydrogens (tertiary/aromatic N) is 2. The van der Waals surface area contributed by atoms with E-state index in [1.807, 2.05) is 6.92 Å². The van der Waals surface area contributed by atoms with Crippen molar-refractivity contribution in [1.29, 1.82) is 0 Å². The van der Waals surface area contributed by atoms with Crippen LogP contribution in [0.1, 0.15) is 30.3 Å². The van der Waals surface area contributed by atoms with Crippen molar-refractivity contribution in [3.8, 4) is 11.3 Å². The van der Waals surface area contributed by atoms with Crippen molar-refractivity contribution in [2.45, 2.75) is 33.6 Å². The smallest absolute Gasteiger partial charge is 0.131 e. The van der Waals surface area contributed by atoms with Gasteiger partial charge in [0.15, 0.2) is 0 Å². The Bertz CT molecular complexity index is 609. The summed E-state index contributed by atoms with van der Waals surface area (Å²) in [7, 11) is 0. The highest BCUT2D eigenvalue weighted by Crippen LogP contribution is 2.26. The predicted octanol–water partition coefficient (Wildman–Crippen LogP) is 3.43. The van der Waals surface area contributed by atoms with Crippen LogP contribution in [-0.2, 0) is 6.42 Å². The molecule has 100 valence electrons. The molecule has 0 aliphatic rings. The summed E-state index contributed by atoms with van der Waals surface area (Å²) < 4.78 is 13.3. The minimum atomic E-state index is -0.211. The zero-order valence-corrected chi connectivity index (χ0v) is 11.5. The van der Waals surface area contributed by atoms with Gasteiger partial charge in [-0.25, -0.2) is 14.4 Å². The zero-order valence-electron chi connectivity index (χ0n) is 11.5. The number of benzene rings is 1. The zero-order chi connectivity index (χ0) is 14.0. The average Bonchev–Trinajstić information content (AvgIpc) is 2.37. The fraction of sp³-hybridized carbons (Fsp3) is 0.333. The van der Waals surface area contributed by atoms with Gasteiger partial charge in [-0.2, -0.15) is 0 Å². The quantitative estimate of drug-likeness (QED) is 0.918. The molecule has 2 aromatic rings. The third-order valence-electron chi connectivity index (χ3n) is 3.13. The topological polar surface area (TPSA) is 51.8 Å². The van der Waals surface area contributed by atoms with E-state index in [0.29, 0.717) is 11.4 Å². The second kappa shape index (κ2) is 5.34. The summed E-state index contributed by atoms with van der Waals surface area (Å²) >= 11 is 0. The Morgan fingerprint density at radius 2 is 1.95 bits per heavy atom. The number of hydrogen-bond donors (Lipinski definition) is 1. The molecule has 0 amide bonds. The normalized spacial score (nSPS) is 10.7. The van der Waals surface area contributed by atoms with Gasteiger partial charge >= 0.3 is 0 Å². The summed E-state index contributed by atoms with van der Waals surface area (Å²) in [5.74, 6) is 1.02. The number of nitrogens with two attached hydrogens (primary N) is 1. The summed E-state index contributed by atoms with van der Waals surface area (Å²) in [6.07, 6.45) is 1.75. The van der Waals surface area contributed by atoms with Crippen LogP contribution in [0.25, 0.3) is 11.3 Å². The highest BCUT2D eigenvalue weighted by atomic mass is 19.1. The van der Waals surface area contributed by atoms with Crippen molar-refractivity contribution in [3.05, 3.63) is 41.0 Å². The standard InChI is InChI=1S/C15H18FN3/c1-4-5-13-18-14(10(3)15(17)19-13)11-6-7-12(16)9(2)8-11/h6-8H,4-5H2,1-3H3,(H2,17,18,19). The van der Waals surface area contributed by atoms with E-state index < -0.39 is 0 Å². The van der Waals surface area contributed by atoms with Gasteiger partial charge in [-0.3, -0.25) is 0 Å². The van der Waals surface area contributed by atoms with Crippen LogP contribution in [0.5, 0.6) is 0 Å². The van der Waals surface area contributed by atoms with Crippen LogP contribution in [-0.4, -0.2) is 9.97 Å². The first-order valence-corrected chi connectivity index (χ1v) is 6.42. The first kappa shape index (κ1) is 13.5. The number of nitrogen functional groups attached to an aromatic ring is 1.